The van der Waals surface area contributed by atoms with Gasteiger partial charge in [-0.15, -0.1) is 0 Å². The lowest BCUT2D eigenvalue weighted by Crippen LogP contribution is -2.40. The Bertz CT molecular complexity index is 360. The zero-order valence-corrected chi connectivity index (χ0v) is 10.4. The Hall–Kier alpha value is -0.890. The first-order valence-corrected chi connectivity index (χ1v) is 6.05. The van der Waals surface area contributed by atoms with E-state index in [1.807, 2.05) is 18.2 Å². The van der Waals surface area contributed by atoms with Crippen molar-refractivity contribution in [2.45, 2.75) is 45.6 Å². The van der Waals surface area contributed by atoms with E-state index in [1.54, 1.807) is 6.20 Å². The topological polar surface area (TPSA) is 33.1 Å². The summed E-state index contributed by atoms with van der Waals surface area (Å²) in [6.45, 7) is 6.68. The van der Waals surface area contributed by atoms with Crippen LogP contribution in [0.5, 0.6) is 0 Å². The highest BCUT2D eigenvalue weighted by atomic mass is 16.3. The molecule has 0 aromatic carbocycles. The van der Waals surface area contributed by atoms with E-state index in [4.69, 9.17) is 0 Å². The van der Waals surface area contributed by atoms with E-state index < -0.39 is 5.60 Å². The lowest BCUT2D eigenvalue weighted by Gasteiger charge is -2.44. The molecule has 1 aliphatic rings. The SMILES string of the molecule is CC1CC(C)(C)CC(O)(c2ccccn2)C1. The van der Waals surface area contributed by atoms with Crippen molar-refractivity contribution in [3.05, 3.63) is 30.1 Å². The molecule has 0 amide bonds. The first kappa shape index (κ1) is 11.6. The maximum absolute atomic E-state index is 10.8. The monoisotopic (exact) mass is 219 g/mol. The van der Waals surface area contributed by atoms with Crippen molar-refractivity contribution in [2.24, 2.45) is 11.3 Å². The maximum atomic E-state index is 10.8. The summed E-state index contributed by atoms with van der Waals surface area (Å²) in [6, 6.07) is 5.78. The van der Waals surface area contributed by atoms with Crippen LogP contribution >= 0.6 is 0 Å². The third-order valence-electron chi connectivity index (χ3n) is 3.50. The summed E-state index contributed by atoms with van der Waals surface area (Å²) in [5.74, 6) is 0.552. The summed E-state index contributed by atoms with van der Waals surface area (Å²) < 4.78 is 0. The number of aromatic nitrogens is 1. The molecule has 1 N–H and O–H groups in total. The molecule has 0 aliphatic heterocycles. The van der Waals surface area contributed by atoms with E-state index in [0.717, 1.165) is 18.5 Å². The number of hydrogen-bond donors (Lipinski definition) is 1. The van der Waals surface area contributed by atoms with E-state index >= 15 is 0 Å². The smallest absolute Gasteiger partial charge is 0.107 e. The molecular weight excluding hydrogens is 198 g/mol. The van der Waals surface area contributed by atoms with Gasteiger partial charge < -0.3 is 5.11 Å². The Morgan fingerprint density at radius 1 is 1.31 bits per heavy atom. The summed E-state index contributed by atoms with van der Waals surface area (Å²) in [5, 5.41) is 10.8. The van der Waals surface area contributed by atoms with Crippen LogP contribution < -0.4 is 0 Å². The van der Waals surface area contributed by atoms with E-state index in [9.17, 15) is 5.11 Å². The third-order valence-corrected chi connectivity index (χ3v) is 3.50. The second-order valence-electron chi connectivity index (χ2n) is 6.10. The molecule has 1 aromatic rings. The second-order valence-corrected chi connectivity index (χ2v) is 6.10. The fourth-order valence-corrected chi connectivity index (χ4v) is 3.36. The summed E-state index contributed by atoms with van der Waals surface area (Å²) in [5.41, 5.74) is 0.293. The fraction of sp³-hybridized carbons (Fsp3) is 0.643. The maximum Gasteiger partial charge on any atom is 0.107 e. The average molecular weight is 219 g/mol. The molecule has 16 heavy (non-hydrogen) atoms. The van der Waals surface area contributed by atoms with Gasteiger partial charge in [-0.1, -0.05) is 26.8 Å². The van der Waals surface area contributed by atoms with Gasteiger partial charge in [0.15, 0.2) is 0 Å². The molecule has 2 heteroatoms. The Kier molecular flexibility index (Phi) is 2.79. The normalized spacial score (nSPS) is 33.6. The molecule has 1 saturated carbocycles. The van der Waals surface area contributed by atoms with E-state index in [2.05, 4.69) is 25.8 Å². The Morgan fingerprint density at radius 3 is 2.62 bits per heavy atom. The molecule has 0 radical (unpaired) electrons. The highest BCUT2D eigenvalue weighted by Gasteiger charge is 2.43. The standard InChI is InChI=1S/C14H21NO/c1-11-8-13(2,3)10-14(16,9-11)12-6-4-5-7-15-12/h4-7,11,16H,8-10H2,1-3H3. The summed E-state index contributed by atoms with van der Waals surface area (Å²) in [7, 11) is 0. The molecule has 1 aliphatic carbocycles. The van der Waals surface area contributed by atoms with Crippen LogP contribution in [0.15, 0.2) is 24.4 Å². The largest absolute Gasteiger partial charge is 0.384 e. The molecule has 2 rings (SSSR count). The van der Waals surface area contributed by atoms with Crippen molar-refractivity contribution in [1.29, 1.82) is 0 Å². The van der Waals surface area contributed by atoms with E-state index in [1.165, 1.54) is 6.42 Å². The van der Waals surface area contributed by atoms with Gasteiger partial charge in [0.05, 0.1) is 5.69 Å². The summed E-state index contributed by atoms with van der Waals surface area (Å²) in [6.07, 6.45) is 4.58. The molecule has 88 valence electrons. The lowest BCUT2D eigenvalue weighted by atomic mass is 9.65. The Morgan fingerprint density at radius 2 is 2.06 bits per heavy atom. The number of rotatable bonds is 1. The molecule has 1 heterocycles. The summed E-state index contributed by atoms with van der Waals surface area (Å²) >= 11 is 0. The molecular formula is C14H21NO. The van der Waals surface area contributed by atoms with Crippen LogP contribution in [0, 0.1) is 11.3 Å². The van der Waals surface area contributed by atoms with Crippen LogP contribution in [0.4, 0.5) is 0 Å². The van der Waals surface area contributed by atoms with Crippen LogP contribution in [0.3, 0.4) is 0 Å². The van der Waals surface area contributed by atoms with Gasteiger partial charge in [0.2, 0.25) is 0 Å². The number of aliphatic hydroxyl groups is 1. The van der Waals surface area contributed by atoms with Gasteiger partial charge >= 0.3 is 0 Å². The molecule has 2 unspecified atom stereocenters. The van der Waals surface area contributed by atoms with Crippen LogP contribution in [-0.2, 0) is 5.60 Å². The molecule has 2 atom stereocenters. The van der Waals surface area contributed by atoms with Crippen LogP contribution in [0.2, 0.25) is 0 Å². The Balaban J connectivity index is 2.31. The van der Waals surface area contributed by atoms with Crippen LogP contribution in [0.25, 0.3) is 0 Å². The van der Waals surface area contributed by atoms with Crippen molar-refractivity contribution >= 4 is 0 Å². The highest BCUT2D eigenvalue weighted by Crippen LogP contribution is 2.47. The van der Waals surface area contributed by atoms with E-state index in [0.29, 0.717) is 5.92 Å². The third kappa shape index (κ3) is 2.27. The highest BCUT2D eigenvalue weighted by molar-refractivity contribution is 5.15. The van der Waals surface area contributed by atoms with Gasteiger partial charge in [-0.05, 0) is 42.7 Å². The van der Waals surface area contributed by atoms with Crippen LogP contribution in [-0.4, -0.2) is 10.1 Å². The zero-order valence-electron chi connectivity index (χ0n) is 10.4. The second kappa shape index (κ2) is 3.85. The minimum atomic E-state index is -0.734. The average Bonchev–Trinajstić information content (AvgIpc) is 2.15. The van der Waals surface area contributed by atoms with Crippen molar-refractivity contribution in [1.82, 2.24) is 4.98 Å². The minimum absolute atomic E-state index is 0.198. The quantitative estimate of drug-likeness (QED) is 0.787. The van der Waals surface area contributed by atoms with Crippen molar-refractivity contribution < 1.29 is 5.11 Å². The van der Waals surface area contributed by atoms with Gasteiger partial charge in [-0.2, -0.15) is 0 Å². The first-order valence-electron chi connectivity index (χ1n) is 6.05. The number of pyridine rings is 1. The van der Waals surface area contributed by atoms with Crippen molar-refractivity contribution in [3.63, 3.8) is 0 Å². The van der Waals surface area contributed by atoms with Gasteiger partial charge in [0.25, 0.3) is 0 Å². The van der Waals surface area contributed by atoms with Crippen molar-refractivity contribution in [2.75, 3.05) is 0 Å². The van der Waals surface area contributed by atoms with E-state index in [-0.39, 0.29) is 5.41 Å². The van der Waals surface area contributed by atoms with Gasteiger partial charge in [0, 0.05) is 6.20 Å². The molecule has 2 nitrogen and oxygen atoms in total. The lowest BCUT2D eigenvalue weighted by molar-refractivity contribution is -0.0665. The predicted octanol–water partition coefficient (Wildman–Crippen LogP) is 3.12. The molecule has 1 fully saturated rings. The predicted molar refractivity (Wildman–Crippen MR) is 64.9 cm³/mol. The van der Waals surface area contributed by atoms with Crippen molar-refractivity contribution in [3.8, 4) is 0 Å². The number of hydrogen-bond acceptors (Lipinski definition) is 2. The number of nitrogens with zero attached hydrogens (tertiary/aromatic N) is 1. The van der Waals surface area contributed by atoms with Gasteiger partial charge in [-0.25, -0.2) is 0 Å². The molecule has 1 aromatic heterocycles. The molecule has 0 bridgehead atoms. The first-order chi connectivity index (χ1) is 7.41. The zero-order chi connectivity index (χ0) is 11.8. The molecule has 0 spiro atoms. The Labute approximate surface area is 97.7 Å². The summed E-state index contributed by atoms with van der Waals surface area (Å²) in [4.78, 5) is 4.32. The fourth-order valence-electron chi connectivity index (χ4n) is 3.36. The minimum Gasteiger partial charge on any atom is -0.384 e. The van der Waals surface area contributed by atoms with Gasteiger partial charge in [0.1, 0.15) is 5.60 Å². The molecule has 0 saturated heterocycles. The van der Waals surface area contributed by atoms with Crippen LogP contribution in [0.1, 0.15) is 45.7 Å². The van der Waals surface area contributed by atoms with Gasteiger partial charge in [-0.3, -0.25) is 4.98 Å².